The van der Waals surface area contributed by atoms with E-state index in [2.05, 4.69) is 4.98 Å². The Balaban J connectivity index is 1.80. The molecule has 5 nitrogen and oxygen atoms in total. The minimum Gasteiger partial charge on any atom is -0.461 e. The van der Waals surface area contributed by atoms with Gasteiger partial charge in [-0.25, -0.2) is 4.79 Å². The maximum absolute atomic E-state index is 11.4. The van der Waals surface area contributed by atoms with Crippen molar-refractivity contribution in [3.8, 4) is 6.08 Å². The van der Waals surface area contributed by atoms with Crippen LogP contribution >= 0.6 is 0 Å². The Kier molecular flexibility index (Phi) is 5.24. The molecule has 1 fully saturated rings. The SMILES string of the molecule is CCOC(=O)c1coc(OCC2CCCCCC2)n1. The van der Waals surface area contributed by atoms with E-state index in [0.717, 1.165) is 0 Å². The minimum absolute atomic E-state index is 0.160. The summed E-state index contributed by atoms with van der Waals surface area (Å²) in [5, 5.41) is 0. The minimum atomic E-state index is -0.476. The zero-order valence-electron chi connectivity index (χ0n) is 11.4. The molecule has 1 aliphatic carbocycles. The molecule has 0 atom stereocenters. The van der Waals surface area contributed by atoms with Gasteiger partial charge >= 0.3 is 12.0 Å². The fourth-order valence-electron chi connectivity index (χ4n) is 2.34. The molecule has 1 aliphatic rings. The Hall–Kier alpha value is -1.52. The van der Waals surface area contributed by atoms with E-state index in [4.69, 9.17) is 13.9 Å². The molecule has 0 saturated heterocycles. The average molecular weight is 267 g/mol. The molecule has 0 N–H and O–H groups in total. The second-order valence-electron chi connectivity index (χ2n) is 4.89. The summed E-state index contributed by atoms with van der Waals surface area (Å²) in [4.78, 5) is 15.4. The summed E-state index contributed by atoms with van der Waals surface area (Å²) >= 11 is 0. The van der Waals surface area contributed by atoms with Crippen molar-refractivity contribution >= 4 is 5.97 Å². The van der Waals surface area contributed by atoms with Gasteiger partial charge in [-0.3, -0.25) is 0 Å². The van der Waals surface area contributed by atoms with Gasteiger partial charge in [0.2, 0.25) is 0 Å². The highest BCUT2D eigenvalue weighted by molar-refractivity contribution is 5.86. The lowest BCUT2D eigenvalue weighted by Crippen LogP contribution is -2.11. The van der Waals surface area contributed by atoms with E-state index in [0.29, 0.717) is 19.1 Å². The van der Waals surface area contributed by atoms with Crippen LogP contribution in [0.5, 0.6) is 6.08 Å². The molecule has 0 amide bonds. The van der Waals surface area contributed by atoms with E-state index in [-0.39, 0.29) is 11.8 Å². The third-order valence-corrected chi connectivity index (χ3v) is 3.38. The molecule has 5 heteroatoms. The molecule has 0 bridgehead atoms. The lowest BCUT2D eigenvalue weighted by Gasteiger charge is -2.12. The van der Waals surface area contributed by atoms with Gasteiger partial charge in [0.15, 0.2) is 5.69 Å². The quantitative estimate of drug-likeness (QED) is 0.605. The van der Waals surface area contributed by atoms with E-state index in [1.165, 1.54) is 44.8 Å². The van der Waals surface area contributed by atoms with Crippen molar-refractivity contribution in [3.63, 3.8) is 0 Å². The molecular formula is C14H21NO4. The number of ether oxygens (including phenoxy) is 2. The zero-order chi connectivity index (χ0) is 13.5. The maximum Gasteiger partial charge on any atom is 0.394 e. The first kappa shape index (κ1) is 13.9. The first-order chi connectivity index (χ1) is 9.29. The molecular weight excluding hydrogens is 246 g/mol. The Labute approximate surface area is 113 Å². The number of esters is 1. The van der Waals surface area contributed by atoms with Gasteiger partial charge in [-0.15, -0.1) is 0 Å². The van der Waals surface area contributed by atoms with Gasteiger partial charge in [0.25, 0.3) is 0 Å². The predicted octanol–water partition coefficient (Wildman–Crippen LogP) is 3.20. The molecule has 0 aliphatic heterocycles. The van der Waals surface area contributed by atoms with Crippen LogP contribution in [0, 0.1) is 5.92 Å². The number of rotatable bonds is 5. The highest BCUT2D eigenvalue weighted by atomic mass is 16.6. The van der Waals surface area contributed by atoms with Crippen molar-refractivity contribution in [2.24, 2.45) is 5.92 Å². The Bertz CT molecular complexity index is 394. The number of nitrogens with zero attached hydrogens (tertiary/aromatic N) is 1. The summed E-state index contributed by atoms with van der Waals surface area (Å²) in [6.07, 6.45) is 9.02. The molecule has 1 heterocycles. The van der Waals surface area contributed by atoms with Gasteiger partial charge in [0.1, 0.15) is 6.26 Å². The molecule has 0 radical (unpaired) electrons. The Morgan fingerprint density at radius 3 is 2.79 bits per heavy atom. The van der Waals surface area contributed by atoms with Gasteiger partial charge < -0.3 is 13.9 Å². The topological polar surface area (TPSA) is 61.6 Å². The number of hydrogen-bond donors (Lipinski definition) is 0. The third-order valence-electron chi connectivity index (χ3n) is 3.38. The standard InChI is InChI=1S/C14H21NO4/c1-2-17-13(16)12-10-19-14(15-12)18-9-11-7-5-3-4-6-8-11/h10-11H,2-9H2,1H3. The third kappa shape index (κ3) is 4.26. The van der Waals surface area contributed by atoms with E-state index in [1.54, 1.807) is 6.92 Å². The highest BCUT2D eigenvalue weighted by Crippen LogP contribution is 2.23. The summed E-state index contributed by atoms with van der Waals surface area (Å²) in [6, 6.07) is 0. The van der Waals surface area contributed by atoms with Crippen LogP contribution in [0.25, 0.3) is 0 Å². The molecule has 0 spiro atoms. The average Bonchev–Trinajstić information content (AvgIpc) is 2.73. The van der Waals surface area contributed by atoms with Crippen LogP contribution in [0.2, 0.25) is 0 Å². The Morgan fingerprint density at radius 2 is 2.11 bits per heavy atom. The number of hydrogen-bond acceptors (Lipinski definition) is 5. The van der Waals surface area contributed by atoms with E-state index in [1.807, 2.05) is 0 Å². The van der Waals surface area contributed by atoms with E-state index < -0.39 is 5.97 Å². The van der Waals surface area contributed by atoms with E-state index in [9.17, 15) is 4.79 Å². The van der Waals surface area contributed by atoms with Crippen molar-refractivity contribution in [1.82, 2.24) is 4.98 Å². The number of carbonyl (C=O) groups excluding carboxylic acids is 1. The second kappa shape index (κ2) is 7.16. The molecule has 106 valence electrons. The van der Waals surface area contributed by atoms with Crippen molar-refractivity contribution in [2.45, 2.75) is 45.4 Å². The number of aromatic nitrogens is 1. The molecule has 2 rings (SSSR count). The normalized spacial score (nSPS) is 16.9. The highest BCUT2D eigenvalue weighted by Gasteiger charge is 2.17. The number of oxazole rings is 1. The first-order valence-electron chi connectivity index (χ1n) is 7.05. The van der Waals surface area contributed by atoms with Gasteiger partial charge in [-0.1, -0.05) is 25.7 Å². The lowest BCUT2D eigenvalue weighted by molar-refractivity contribution is 0.0519. The zero-order valence-corrected chi connectivity index (χ0v) is 11.4. The first-order valence-corrected chi connectivity index (χ1v) is 7.05. The summed E-state index contributed by atoms with van der Waals surface area (Å²) in [6.45, 7) is 2.69. The fourth-order valence-corrected chi connectivity index (χ4v) is 2.34. The maximum atomic E-state index is 11.4. The van der Waals surface area contributed by atoms with Crippen LogP contribution in [0.15, 0.2) is 10.7 Å². The van der Waals surface area contributed by atoms with Crippen LogP contribution in [0.4, 0.5) is 0 Å². The van der Waals surface area contributed by atoms with Gasteiger partial charge in [0.05, 0.1) is 13.2 Å². The number of carbonyl (C=O) groups is 1. The molecule has 0 unspecified atom stereocenters. The second-order valence-corrected chi connectivity index (χ2v) is 4.89. The molecule has 19 heavy (non-hydrogen) atoms. The summed E-state index contributed by atoms with van der Waals surface area (Å²) < 4.78 is 15.5. The van der Waals surface area contributed by atoms with Crippen LogP contribution < -0.4 is 4.74 Å². The van der Waals surface area contributed by atoms with Gasteiger partial charge in [0, 0.05) is 0 Å². The summed E-state index contributed by atoms with van der Waals surface area (Å²) in [7, 11) is 0. The van der Waals surface area contributed by atoms with Crippen LogP contribution in [0.3, 0.4) is 0 Å². The van der Waals surface area contributed by atoms with Crippen LogP contribution in [0.1, 0.15) is 55.9 Å². The van der Waals surface area contributed by atoms with E-state index >= 15 is 0 Å². The van der Waals surface area contributed by atoms with Gasteiger partial charge in [-0.2, -0.15) is 4.98 Å². The largest absolute Gasteiger partial charge is 0.461 e. The van der Waals surface area contributed by atoms with Crippen LogP contribution in [-0.4, -0.2) is 24.2 Å². The van der Waals surface area contributed by atoms with Crippen molar-refractivity contribution in [3.05, 3.63) is 12.0 Å². The molecule has 0 aromatic carbocycles. The smallest absolute Gasteiger partial charge is 0.394 e. The molecule has 1 aromatic heterocycles. The molecule has 1 saturated carbocycles. The lowest BCUT2D eigenvalue weighted by atomic mass is 10.0. The fraction of sp³-hybridized carbons (Fsp3) is 0.714. The van der Waals surface area contributed by atoms with Crippen LogP contribution in [-0.2, 0) is 4.74 Å². The summed E-state index contributed by atoms with van der Waals surface area (Å²) in [5.41, 5.74) is 0.165. The van der Waals surface area contributed by atoms with Gasteiger partial charge in [-0.05, 0) is 25.7 Å². The summed E-state index contributed by atoms with van der Waals surface area (Å²) in [5.74, 6) is 0.0935. The predicted molar refractivity (Wildman–Crippen MR) is 69.1 cm³/mol. The Morgan fingerprint density at radius 1 is 1.37 bits per heavy atom. The van der Waals surface area contributed by atoms with Crippen molar-refractivity contribution < 1.29 is 18.7 Å². The monoisotopic (exact) mass is 267 g/mol. The van der Waals surface area contributed by atoms with Crippen molar-refractivity contribution in [1.29, 1.82) is 0 Å². The molecule has 1 aromatic rings. The van der Waals surface area contributed by atoms with Crippen molar-refractivity contribution in [2.75, 3.05) is 13.2 Å².